The van der Waals surface area contributed by atoms with Gasteiger partial charge >= 0.3 is 5.97 Å². The van der Waals surface area contributed by atoms with Gasteiger partial charge in [0, 0.05) is 19.4 Å². The summed E-state index contributed by atoms with van der Waals surface area (Å²) in [5, 5.41) is 18.3. The Balaban J connectivity index is 2.18. The third kappa shape index (κ3) is 3.38. The van der Waals surface area contributed by atoms with Crippen molar-refractivity contribution in [1.82, 2.24) is 4.90 Å². The predicted octanol–water partition coefficient (Wildman–Crippen LogP) is 0.361. The fraction of sp³-hybridized carbons (Fsp3) is 0.400. The third-order valence-electron chi connectivity index (χ3n) is 3.72. The van der Waals surface area contributed by atoms with Crippen LogP contribution in [0.25, 0.3) is 0 Å². The van der Waals surface area contributed by atoms with Crippen molar-refractivity contribution in [1.29, 1.82) is 5.26 Å². The lowest BCUT2D eigenvalue weighted by atomic mass is 10.0. The molecule has 1 amide bonds. The van der Waals surface area contributed by atoms with Gasteiger partial charge in [-0.2, -0.15) is 5.26 Å². The zero-order chi connectivity index (χ0) is 15.4. The van der Waals surface area contributed by atoms with E-state index in [9.17, 15) is 14.7 Å². The van der Waals surface area contributed by atoms with Crippen molar-refractivity contribution in [2.24, 2.45) is 11.7 Å². The molecule has 1 aromatic rings. The fourth-order valence-electron chi connectivity index (χ4n) is 2.59. The number of hydrogen-bond donors (Lipinski definition) is 2. The highest BCUT2D eigenvalue weighted by Crippen LogP contribution is 2.22. The van der Waals surface area contributed by atoms with Crippen molar-refractivity contribution in [3.05, 3.63) is 35.4 Å². The first-order valence-electron chi connectivity index (χ1n) is 6.76. The number of nitrogens with two attached hydrogens (primary N) is 1. The highest BCUT2D eigenvalue weighted by molar-refractivity contribution is 5.85. The summed E-state index contributed by atoms with van der Waals surface area (Å²) in [7, 11) is 0. The van der Waals surface area contributed by atoms with Gasteiger partial charge in [-0.3, -0.25) is 4.79 Å². The van der Waals surface area contributed by atoms with Crippen molar-refractivity contribution in [3.63, 3.8) is 0 Å². The fourth-order valence-corrected chi connectivity index (χ4v) is 2.59. The normalized spacial score (nSPS) is 19.3. The molecule has 0 saturated carbocycles. The summed E-state index contributed by atoms with van der Waals surface area (Å²) in [6.45, 7) is 0.753. The Morgan fingerprint density at radius 3 is 2.90 bits per heavy atom. The molecule has 1 aliphatic rings. The Morgan fingerprint density at radius 2 is 2.33 bits per heavy atom. The van der Waals surface area contributed by atoms with Crippen LogP contribution in [0.3, 0.4) is 0 Å². The van der Waals surface area contributed by atoms with E-state index in [2.05, 4.69) is 0 Å². The van der Waals surface area contributed by atoms with Crippen molar-refractivity contribution in [3.8, 4) is 6.07 Å². The van der Waals surface area contributed by atoms with E-state index in [1.807, 2.05) is 6.07 Å². The highest BCUT2D eigenvalue weighted by Gasteiger charge is 2.37. The second-order valence-corrected chi connectivity index (χ2v) is 5.22. The molecule has 3 N–H and O–H groups in total. The summed E-state index contributed by atoms with van der Waals surface area (Å²) >= 11 is 0. The first kappa shape index (κ1) is 15.0. The molecule has 2 rings (SSSR count). The summed E-state index contributed by atoms with van der Waals surface area (Å²) in [6.07, 6.45) is 0.492. The van der Waals surface area contributed by atoms with Crippen LogP contribution in [0.1, 0.15) is 17.5 Å². The average molecular weight is 287 g/mol. The van der Waals surface area contributed by atoms with Gasteiger partial charge in [0.05, 0.1) is 11.6 Å². The van der Waals surface area contributed by atoms with Crippen molar-refractivity contribution >= 4 is 11.9 Å². The highest BCUT2D eigenvalue weighted by atomic mass is 16.4. The number of rotatable bonds is 5. The molecule has 6 nitrogen and oxygen atoms in total. The van der Waals surface area contributed by atoms with E-state index >= 15 is 0 Å². The minimum atomic E-state index is -1.04. The van der Waals surface area contributed by atoms with Gasteiger partial charge in [0.25, 0.3) is 0 Å². The maximum atomic E-state index is 12.0. The minimum absolute atomic E-state index is 0.0183. The standard InChI is InChI=1S/C15H17N3O3/c16-7-11-3-1-2-10(4-11)5-13(15(20)21)18-9-12(8-17)6-14(18)19/h1-4,12-13H,5-6,8-9,17H2,(H,20,21)/t12?,13-/m0/s1. The molecule has 1 saturated heterocycles. The molecule has 2 atom stereocenters. The van der Waals surface area contributed by atoms with E-state index in [1.165, 1.54) is 4.90 Å². The maximum Gasteiger partial charge on any atom is 0.326 e. The van der Waals surface area contributed by atoms with Crippen LogP contribution < -0.4 is 5.73 Å². The minimum Gasteiger partial charge on any atom is -0.480 e. The molecule has 1 aromatic carbocycles. The number of carbonyl (C=O) groups excluding carboxylic acids is 1. The maximum absolute atomic E-state index is 12.0. The summed E-state index contributed by atoms with van der Waals surface area (Å²) in [4.78, 5) is 24.8. The number of carbonyl (C=O) groups is 2. The lowest BCUT2D eigenvalue weighted by molar-refractivity contribution is -0.148. The van der Waals surface area contributed by atoms with Gasteiger partial charge in [-0.15, -0.1) is 0 Å². The van der Waals surface area contributed by atoms with Gasteiger partial charge in [0.2, 0.25) is 5.91 Å². The number of aliphatic carboxylic acids is 1. The second-order valence-electron chi connectivity index (χ2n) is 5.22. The molecule has 1 unspecified atom stereocenters. The number of amides is 1. The lowest BCUT2D eigenvalue weighted by Crippen LogP contribution is -2.44. The van der Waals surface area contributed by atoms with E-state index < -0.39 is 12.0 Å². The molecular formula is C15H17N3O3. The topological polar surface area (TPSA) is 107 Å². The van der Waals surface area contributed by atoms with E-state index in [-0.39, 0.29) is 18.2 Å². The zero-order valence-electron chi connectivity index (χ0n) is 11.5. The summed E-state index contributed by atoms with van der Waals surface area (Å²) < 4.78 is 0. The van der Waals surface area contributed by atoms with E-state index in [4.69, 9.17) is 11.0 Å². The van der Waals surface area contributed by atoms with Gasteiger partial charge in [-0.25, -0.2) is 4.79 Å². The van der Waals surface area contributed by atoms with Crippen molar-refractivity contribution in [2.75, 3.05) is 13.1 Å². The zero-order valence-corrected chi connectivity index (χ0v) is 11.5. The number of carboxylic acid groups (broad SMARTS) is 1. The van der Waals surface area contributed by atoms with Crippen LogP contribution in [0, 0.1) is 17.2 Å². The summed E-state index contributed by atoms with van der Waals surface area (Å²) in [5.74, 6) is -1.19. The molecule has 21 heavy (non-hydrogen) atoms. The Kier molecular flexibility index (Phi) is 4.55. The van der Waals surface area contributed by atoms with Crippen LogP contribution in [0.2, 0.25) is 0 Å². The van der Waals surface area contributed by atoms with Gasteiger partial charge < -0.3 is 15.7 Å². The molecule has 0 bridgehead atoms. The third-order valence-corrected chi connectivity index (χ3v) is 3.72. The SMILES string of the molecule is N#Cc1cccc(C[C@@H](C(=O)O)N2CC(CN)CC2=O)c1. The number of nitrogens with zero attached hydrogens (tertiary/aromatic N) is 2. The van der Waals surface area contributed by atoms with Crippen LogP contribution in [0.4, 0.5) is 0 Å². The Labute approximate surface area is 122 Å². The van der Waals surface area contributed by atoms with E-state index in [0.717, 1.165) is 5.56 Å². The average Bonchev–Trinajstić information content (AvgIpc) is 2.85. The Hall–Kier alpha value is -2.39. The molecule has 1 fully saturated rings. The monoisotopic (exact) mass is 287 g/mol. The molecule has 6 heteroatoms. The van der Waals surface area contributed by atoms with Crippen LogP contribution in [-0.2, 0) is 16.0 Å². The van der Waals surface area contributed by atoms with Crippen LogP contribution in [-0.4, -0.2) is 41.0 Å². The first-order chi connectivity index (χ1) is 10.0. The molecule has 0 aromatic heterocycles. The molecular weight excluding hydrogens is 270 g/mol. The smallest absolute Gasteiger partial charge is 0.326 e. The Bertz CT molecular complexity index is 594. The summed E-state index contributed by atoms with van der Waals surface area (Å²) in [6, 6.07) is 7.88. The van der Waals surface area contributed by atoms with Gasteiger partial charge in [0.1, 0.15) is 6.04 Å². The number of carboxylic acids is 1. The number of benzene rings is 1. The van der Waals surface area contributed by atoms with Crippen LogP contribution in [0.5, 0.6) is 0 Å². The van der Waals surface area contributed by atoms with E-state index in [1.54, 1.807) is 24.3 Å². The van der Waals surface area contributed by atoms with Crippen LogP contribution >= 0.6 is 0 Å². The molecule has 0 aliphatic carbocycles. The Morgan fingerprint density at radius 1 is 1.57 bits per heavy atom. The molecule has 110 valence electrons. The molecule has 0 spiro atoms. The quantitative estimate of drug-likeness (QED) is 0.813. The number of hydrogen-bond acceptors (Lipinski definition) is 4. The van der Waals surface area contributed by atoms with E-state index in [0.29, 0.717) is 25.1 Å². The largest absolute Gasteiger partial charge is 0.480 e. The van der Waals surface area contributed by atoms with Crippen LogP contribution in [0.15, 0.2) is 24.3 Å². The first-order valence-corrected chi connectivity index (χ1v) is 6.76. The van der Waals surface area contributed by atoms with Crippen molar-refractivity contribution in [2.45, 2.75) is 18.9 Å². The number of likely N-dealkylation sites (tertiary alicyclic amines) is 1. The van der Waals surface area contributed by atoms with Gasteiger partial charge in [0.15, 0.2) is 0 Å². The molecule has 0 radical (unpaired) electrons. The lowest BCUT2D eigenvalue weighted by Gasteiger charge is -2.24. The molecule has 1 heterocycles. The molecule has 1 aliphatic heterocycles. The summed E-state index contributed by atoms with van der Waals surface area (Å²) in [5.41, 5.74) is 6.77. The predicted molar refractivity (Wildman–Crippen MR) is 75.2 cm³/mol. The van der Waals surface area contributed by atoms with Crippen molar-refractivity contribution < 1.29 is 14.7 Å². The van der Waals surface area contributed by atoms with Gasteiger partial charge in [-0.05, 0) is 30.2 Å². The second kappa shape index (κ2) is 6.37. The number of nitriles is 1. The van der Waals surface area contributed by atoms with Gasteiger partial charge in [-0.1, -0.05) is 12.1 Å².